The van der Waals surface area contributed by atoms with Gasteiger partial charge in [-0.2, -0.15) is 0 Å². The van der Waals surface area contributed by atoms with Crippen LogP contribution >= 0.6 is 0 Å². The molecule has 184 valence electrons. The Hall–Kier alpha value is -4.72. The quantitative estimate of drug-likeness (QED) is 0.253. The van der Waals surface area contributed by atoms with Crippen LogP contribution in [0.2, 0.25) is 0 Å². The van der Waals surface area contributed by atoms with E-state index in [2.05, 4.69) is 11.9 Å². The van der Waals surface area contributed by atoms with Crippen LogP contribution in [0.25, 0.3) is 22.1 Å². The summed E-state index contributed by atoms with van der Waals surface area (Å²) in [5, 5.41) is 3.20. The van der Waals surface area contributed by atoms with Crippen molar-refractivity contribution in [1.82, 2.24) is 0 Å². The predicted molar refractivity (Wildman–Crippen MR) is 138 cm³/mol. The third-order valence-electron chi connectivity index (χ3n) is 5.47. The molecule has 0 aliphatic rings. The fourth-order valence-corrected chi connectivity index (χ4v) is 3.74. The van der Waals surface area contributed by atoms with Gasteiger partial charge in [-0.05, 0) is 54.1 Å². The number of nitrogens with one attached hydrogen (secondary N) is 1. The first kappa shape index (κ1) is 24.4. The molecular formula is C28H25NO7. The minimum absolute atomic E-state index is 0.00642. The van der Waals surface area contributed by atoms with Gasteiger partial charge in [0.05, 0.1) is 21.3 Å². The van der Waals surface area contributed by atoms with Crippen molar-refractivity contribution < 1.29 is 28.2 Å². The number of fused-ring (bicyclic) bond motifs is 1. The highest BCUT2D eigenvalue weighted by atomic mass is 16.5. The highest BCUT2D eigenvalue weighted by molar-refractivity contribution is 6.06. The largest absolute Gasteiger partial charge is 0.497 e. The van der Waals surface area contributed by atoms with Crippen LogP contribution in [0.4, 0.5) is 5.69 Å². The second-order valence-corrected chi connectivity index (χ2v) is 7.66. The van der Waals surface area contributed by atoms with E-state index in [1.54, 1.807) is 50.6 Å². The van der Waals surface area contributed by atoms with Crippen molar-refractivity contribution in [3.63, 3.8) is 0 Å². The van der Waals surface area contributed by atoms with Crippen LogP contribution in [0.5, 0.6) is 23.0 Å². The molecule has 36 heavy (non-hydrogen) atoms. The van der Waals surface area contributed by atoms with Crippen molar-refractivity contribution in [2.45, 2.75) is 0 Å². The van der Waals surface area contributed by atoms with E-state index >= 15 is 0 Å². The third-order valence-corrected chi connectivity index (χ3v) is 5.47. The second-order valence-electron chi connectivity index (χ2n) is 7.66. The van der Waals surface area contributed by atoms with E-state index in [4.69, 9.17) is 23.4 Å². The summed E-state index contributed by atoms with van der Waals surface area (Å²) in [5.41, 5.74) is 1.33. The van der Waals surface area contributed by atoms with Crippen molar-refractivity contribution in [2.75, 3.05) is 33.3 Å². The standard InChI is InChI=1S/C28H25NO7/c1-5-13-35-24-12-9-18-16-22(28(31)36-25(18)26(24)34-4)29-27(30)19-10-11-23(33-3)21(15-19)17-7-6-8-20(14-17)32-2/h5-12,14-16H,1,13H2,2-4H3,(H,29,30). The molecule has 0 bridgehead atoms. The smallest absolute Gasteiger partial charge is 0.360 e. The zero-order valence-corrected chi connectivity index (χ0v) is 20.1. The maximum absolute atomic E-state index is 13.1. The molecule has 0 aliphatic carbocycles. The van der Waals surface area contributed by atoms with Gasteiger partial charge < -0.3 is 28.7 Å². The van der Waals surface area contributed by atoms with Crippen LogP contribution < -0.4 is 29.9 Å². The fraction of sp³-hybridized carbons (Fsp3) is 0.143. The van der Waals surface area contributed by atoms with Gasteiger partial charge in [0.2, 0.25) is 5.75 Å². The Morgan fingerprint density at radius 1 is 0.972 bits per heavy atom. The molecule has 1 aromatic heterocycles. The summed E-state index contributed by atoms with van der Waals surface area (Å²) in [7, 11) is 4.59. The summed E-state index contributed by atoms with van der Waals surface area (Å²) < 4.78 is 27.2. The van der Waals surface area contributed by atoms with Crippen LogP contribution in [0, 0.1) is 0 Å². The van der Waals surface area contributed by atoms with Gasteiger partial charge in [-0.3, -0.25) is 4.79 Å². The zero-order valence-electron chi connectivity index (χ0n) is 20.1. The topological polar surface area (TPSA) is 96.2 Å². The van der Waals surface area contributed by atoms with Gasteiger partial charge >= 0.3 is 5.63 Å². The van der Waals surface area contributed by atoms with Gasteiger partial charge in [0.25, 0.3) is 5.91 Å². The molecule has 0 aliphatic heterocycles. The molecule has 1 heterocycles. The first-order valence-corrected chi connectivity index (χ1v) is 11.0. The van der Waals surface area contributed by atoms with Crippen LogP contribution in [0.15, 0.2) is 82.5 Å². The average molecular weight is 488 g/mol. The number of rotatable bonds is 9. The van der Waals surface area contributed by atoms with Gasteiger partial charge in [0.15, 0.2) is 11.3 Å². The molecule has 8 nitrogen and oxygen atoms in total. The number of amides is 1. The molecular weight excluding hydrogens is 462 g/mol. The molecule has 1 amide bonds. The lowest BCUT2D eigenvalue weighted by molar-refractivity contribution is 0.102. The average Bonchev–Trinajstić information content (AvgIpc) is 2.91. The van der Waals surface area contributed by atoms with E-state index in [9.17, 15) is 9.59 Å². The van der Waals surface area contributed by atoms with Crippen molar-refractivity contribution >= 4 is 22.6 Å². The Kier molecular flexibility index (Phi) is 7.25. The summed E-state index contributed by atoms with van der Waals surface area (Å²) in [6.45, 7) is 3.88. The van der Waals surface area contributed by atoms with Gasteiger partial charge in [-0.1, -0.05) is 24.8 Å². The number of carbonyl (C=O) groups excluding carboxylic acids is 1. The minimum Gasteiger partial charge on any atom is -0.497 e. The molecule has 0 saturated carbocycles. The van der Waals surface area contributed by atoms with Gasteiger partial charge in [-0.25, -0.2) is 4.79 Å². The molecule has 0 saturated heterocycles. The number of carbonyl (C=O) groups is 1. The summed E-state index contributed by atoms with van der Waals surface area (Å²) >= 11 is 0. The molecule has 0 spiro atoms. The Morgan fingerprint density at radius 3 is 2.50 bits per heavy atom. The van der Waals surface area contributed by atoms with Crippen molar-refractivity contribution in [1.29, 1.82) is 0 Å². The van der Waals surface area contributed by atoms with Gasteiger partial charge in [0.1, 0.15) is 23.8 Å². The first-order chi connectivity index (χ1) is 17.5. The van der Waals surface area contributed by atoms with E-state index < -0.39 is 11.5 Å². The number of methoxy groups -OCH3 is 3. The second kappa shape index (κ2) is 10.7. The summed E-state index contributed by atoms with van der Waals surface area (Å²) in [6, 6.07) is 17.4. The van der Waals surface area contributed by atoms with Gasteiger partial charge in [0, 0.05) is 16.5 Å². The first-order valence-electron chi connectivity index (χ1n) is 11.0. The minimum atomic E-state index is -0.725. The van der Waals surface area contributed by atoms with E-state index in [0.29, 0.717) is 33.8 Å². The van der Waals surface area contributed by atoms with Crippen molar-refractivity contribution in [3.8, 4) is 34.1 Å². The predicted octanol–water partition coefficient (Wildman–Crippen LogP) is 5.30. The lowest BCUT2D eigenvalue weighted by Crippen LogP contribution is -2.18. The summed E-state index contributed by atoms with van der Waals surface area (Å²) in [5.74, 6) is 1.47. The molecule has 0 unspecified atom stereocenters. The SMILES string of the molecule is C=CCOc1ccc2cc(NC(=O)c3ccc(OC)c(-c4cccc(OC)c4)c3)c(=O)oc2c1OC. The van der Waals surface area contributed by atoms with E-state index in [1.807, 2.05) is 24.3 Å². The molecule has 8 heteroatoms. The van der Waals surface area contributed by atoms with Crippen LogP contribution in [-0.2, 0) is 0 Å². The number of benzene rings is 3. The lowest BCUT2D eigenvalue weighted by Gasteiger charge is -2.13. The van der Waals surface area contributed by atoms with Crippen LogP contribution in [-0.4, -0.2) is 33.8 Å². The highest BCUT2D eigenvalue weighted by Gasteiger charge is 2.18. The maximum atomic E-state index is 13.1. The molecule has 0 fully saturated rings. The Bertz CT molecular complexity index is 1490. The molecule has 4 rings (SSSR count). The monoisotopic (exact) mass is 487 g/mol. The van der Waals surface area contributed by atoms with E-state index in [0.717, 1.165) is 5.56 Å². The lowest BCUT2D eigenvalue weighted by atomic mass is 10.0. The fourth-order valence-electron chi connectivity index (χ4n) is 3.74. The number of ether oxygens (including phenoxy) is 4. The zero-order chi connectivity index (χ0) is 25.7. The molecule has 0 atom stereocenters. The Balaban J connectivity index is 1.68. The molecule has 0 radical (unpaired) electrons. The van der Waals surface area contributed by atoms with Crippen LogP contribution in [0.3, 0.4) is 0 Å². The third kappa shape index (κ3) is 4.88. The highest BCUT2D eigenvalue weighted by Crippen LogP contribution is 2.36. The van der Waals surface area contributed by atoms with Crippen molar-refractivity contribution in [2.24, 2.45) is 0 Å². The Morgan fingerprint density at radius 2 is 1.78 bits per heavy atom. The Labute approximate surface area is 207 Å². The van der Waals surface area contributed by atoms with Crippen molar-refractivity contribution in [3.05, 3.63) is 89.3 Å². The normalized spacial score (nSPS) is 10.5. The number of hydrogen-bond donors (Lipinski definition) is 1. The number of anilines is 1. The van der Waals surface area contributed by atoms with E-state index in [-0.39, 0.29) is 23.6 Å². The molecule has 1 N–H and O–H groups in total. The molecule has 3 aromatic carbocycles. The number of hydrogen-bond acceptors (Lipinski definition) is 7. The summed E-state index contributed by atoms with van der Waals surface area (Å²) in [4.78, 5) is 25.8. The maximum Gasteiger partial charge on any atom is 0.360 e. The van der Waals surface area contributed by atoms with Gasteiger partial charge in [-0.15, -0.1) is 0 Å². The van der Waals surface area contributed by atoms with Crippen LogP contribution in [0.1, 0.15) is 10.4 Å². The van der Waals surface area contributed by atoms with E-state index in [1.165, 1.54) is 13.2 Å². The molecule has 4 aromatic rings. The summed E-state index contributed by atoms with van der Waals surface area (Å²) in [6.07, 6.45) is 1.59.